The highest BCUT2D eigenvalue weighted by atomic mass is 79.9. The molecule has 1 heterocycles. The zero-order valence-electron chi connectivity index (χ0n) is 17.6. The van der Waals surface area contributed by atoms with Crippen LogP contribution in [0.25, 0.3) is 10.9 Å². The summed E-state index contributed by atoms with van der Waals surface area (Å²) in [6.07, 6.45) is 2.41. The molecule has 0 bridgehead atoms. The largest absolute Gasteiger partial charge is 0.493 e. The molecule has 0 amide bonds. The number of benzene rings is 2. The summed E-state index contributed by atoms with van der Waals surface area (Å²) >= 11 is 3.42. The predicted octanol–water partition coefficient (Wildman–Crippen LogP) is 4.58. The topological polar surface area (TPSA) is 74.9 Å². The molecule has 3 aromatic rings. The SMILES string of the molecule is CC[C@H](C)c1nc2ccc(Br)cc2c(=O)n1N=Cc1cc(OC)c(OC)c(OC)c1. The maximum absolute atomic E-state index is 13.2. The van der Waals surface area contributed by atoms with Gasteiger partial charge in [0.2, 0.25) is 5.75 Å². The van der Waals surface area contributed by atoms with E-state index in [9.17, 15) is 4.79 Å². The van der Waals surface area contributed by atoms with Gasteiger partial charge in [0.15, 0.2) is 11.5 Å². The standard InChI is InChI=1S/C22H24BrN3O4/c1-6-13(2)21-25-17-8-7-15(23)11-16(17)22(27)26(21)24-12-14-9-18(28-3)20(30-5)19(10-14)29-4/h7-13H,6H2,1-5H3/t13-/m0/s1. The van der Waals surface area contributed by atoms with Crippen molar-refractivity contribution in [3.63, 3.8) is 0 Å². The summed E-state index contributed by atoms with van der Waals surface area (Å²) in [5.41, 5.74) is 1.12. The second-order valence-corrected chi connectivity index (χ2v) is 7.68. The zero-order valence-corrected chi connectivity index (χ0v) is 19.2. The molecule has 0 aliphatic carbocycles. The van der Waals surface area contributed by atoms with Gasteiger partial charge in [-0.15, -0.1) is 0 Å². The number of fused-ring (bicyclic) bond motifs is 1. The molecular weight excluding hydrogens is 450 g/mol. The highest BCUT2D eigenvalue weighted by Crippen LogP contribution is 2.37. The summed E-state index contributed by atoms with van der Waals surface area (Å²) in [7, 11) is 4.65. The molecule has 3 rings (SSSR count). The molecule has 0 aliphatic rings. The number of nitrogens with zero attached hydrogens (tertiary/aromatic N) is 3. The molecule has 0 unspecified atom stereocenters. The molecule has 2 aromatic carbocycles. The average molecular weight is 474 g/mol. The van der Waals surface area contributed by atoms with E-state index >= 15 is 0 Å². The summed E-state index contributed by atoms with van der Waals surface area (Å²) in [4.78, 5) is 17.9. The summed E-state index contributed by atoms with van der Waals surface area (Å²) in [5.74, 6) is 2.18. The average Bonchev–Trinajstić information content (AvgIpc) is 2.77. The Morgan fingerprint density at radius 1 is 1.13 bits per heavy atom. The lowest BCUT2D eigenvalue weighted by Crippen LogP contribution is -2.23. The van der Waals surface area contributed by atoms with Gasteiger partial charge >= 0.3 is 0 Å². The fourth-order valence-electron chi connectivity index (χ4n) is 3.08. The zero-order chi connectivity index (χ0) is 21.8. The highest BCUT2D eigenvalue weighted by Gasteiger charge is 2.16. The number of halogens is 1. The quantitative estimate of drug-likeness (QED) is 0.469. The number of hydrogen-bond acceptors (Lipinski definition) is 6. The van der Waals surface area contributed by atoms with Crippen molar-refractivity contribution in [2.24, 2.45) is 5.10 Å². The Morgan fingerprint density at radius 3 is 2.37 bits per heavy atom. The third-order valence-corrected chi connectivity index (χ3v) is 5.39. The van der Waals surface area contributed by atoms with Gasteiger partial charge in [0.25, 0.3) is 5.56 Å². The molecule has 7 nitrogen and oxygen atoms in total. The van der Waals surface area contributed by atoms with Crippen LogP contribution in [0.4, 0.5) is 0 Å². The first-order valence-electron chi connectivity index (χ1n) is 9.50. The summed E-state index contributed by atoms with van der Waals surface area (Å²) in [6.45, 7) is 4.08. The van der Waals surface area contributed by atoms with Crippen LogP contribution >= 0.6 is 15.9 Å². The van der Waals surface area contributed by atoms with Crippen LogP contribution in [0, 0.1) is 0 Å². The highest BCUT2D eigenvalue weighted by molar-refractivity contribution is 9.10. The monoisotopic (exact) mass is 473 g/mol. The van der Waals surface area contributed by atoms with E-state index in [2.05, 4.69) is 28.0 Å². The van der Waals surface area contributed by atoms with Crippen LogP contribution in [-0.2, 0) is 0 Å². The molecule has 1 aromatic heterocycles. The van der Waals surface area contributed by atoms with E-state index in [0.717, 1.165) is 10.9 Å². The third-order valence-electron chi connectivity index (χ3n) is 4.90. The Balaban J connectivity index is 2.18. The molecule has 0 N–H and O–H groups in total. The summed E-state index contributed by atoms with van der Waals surface area (Å²) < 4.78 is 18.3. The Hall–Kier alpha value is -2.87. The fraction of sp³-hybridized carbons (Fsp3) is 0.318. The molecule has 8 heteroatoms. The molecule has 0 saturated heterocycles. The lowest BCUT2D eigenvalue weighted by atomic mass is 10.1. The smallest absolute Gasteiger partial charge is 0.282 e. The van der Waals surface area contributed by atoms with Crippen LogP contribution in [0.15, 0.2) is 44.7 Å². The van der Waals surface area contributed by atoms with Crippen molar-refractivity contribution in [2.45, 2.75) is 26.2 Å². The van der Waals surface area contributed by atoms with Crippen molar-refractivity contribution >= 4 is 33.0 Å². The van der Waals surface area contributed by atoms with E-state index in [1.807, 2.05) is 19.1 Å². The lowest BCUT2D eigenvalue weighted by Gasteiger charge is -2.14. The van der Waals surface area contributed by atoms with Gasteiger partial charge in [-0.25, -0.2) is 4.98 Å². The Bertz CT molecular complexity index is 1130. The van der Waals surface area contributed by atoms with E-state index in [1.54, 1.807) is 45.7 Å². The van der Waals surface area contributed by atoms with Crippen molar-refractivity contribution in [1.82, 2.24) is 9.66 Å². The Morgan fingerprint density at radius 2 is 1.80 bits per heavy atom. The number of aromatic nitrogens is 2. The van der Waals surface area contributed by atoms with Crippen molar-refractivity contribution in [2.75, 3.05) is 21.3 Å². The first-order chi connectivity index (χ1) is 14.4. The van der Waals surface area contributed by atoms with Crippen LogP contribution < -0.4 is 19.8 Å². The van der Waals surface area contributed by atoms with Gasteiger partial charge in [-0.05, 0) is 36.8 Å². The van der Waals surface area contributed by atoms with E-state index in [4.69, 9.17) is 19.2 Å². The molecule has 158 valence electrons. The second-order valence-electron chi connectivity index (χ2n) is 6.76. The molecule has 0 spiro atoms. The van der Waals surface area contributed by atoms with Crippen molar-refractivity contribution in [1.29, 1.82) is 0 Å². The minimum absolute atomic E-state index is 0.0582. The molecule has 30 heavy (non-hydrogen) atoms. The molecule has 0 aliphatic heterocycles. The van der Waals surface area contributed by atoms with Gasteiger partial charge in [-0.1, -0.05) is 29.8 Å². The normalized spacial score (nSPS) is 12.3. The van der Waals surface area contributed by atoms with Gasteiger partial charge in [0, 0.05) is 16.0 Å². The van der Waals surface area contributed by atoms with Crippen LogP contribution in [0.5, 0.6) is 17.2 Å². The van der Waals surface area contributed by atoms with Gasteiger partial charge in [-0.3, -0.25) is 4.79 Å². The van der Waals surface area contributed by atoms with Gasteiger partial charge in [0.05, 0.1) is 38.4 Å². The Labute approximate surface area is 183 Å². The van der Waals surface area contributed by atoms with Crippen molar-refractivity contribution in [3.8, 4) is 17.2 Å². The number of hydrogen-bond donors (Lipinski definition) is 0. The van der Waals surface area contributed by atoms with Crippen LogP contribution in [-0.4, -0.2) is 37.2 Å². The maximum Gasteiger partial charge on any atom is 0.282 e. The van der Waals surface area contributed by atoms with Gasteiger partial charge in [0.1, 0.15) is 5.82 Å². The minimum Gasteiger partial charge on any atom is -0.493 e. The number of methoxy groups -OCH3 is 3. The van der Waals surface area contributed by atoms with E-state index in [1.165, 1.54) is 4.68 Å². The second kappa shape index (κ2) is 9.30. The summed E-state index contributed by atoms with van der Waals surface area (Å²) in [6, 6.07) is 9.00. The van der Waals surface area contributed by atoms with Gasteiger partial charge in [-0.2, -0.15) is 9.78 Å². The van der Waals surface area contributed by atoms with E-state index in [-0.39, 0.29) is 11.5 Å². The number of ether oxygens (including phenoxy) is 3. The van der Waals surface area contributed by atoms with Crippen LogP contribution in [0.1, 0.15) is 37.6 Å². The predicted molar refractivity (Wildman–Crippen MR) is 121 cm³/mol. The van der Waals surface area contributed by atoms with Crippen molar-refractivity contribution in [3.05, 3.63) is 56.5 Å². The minimum atomic E-state index is -0.222. The summed E-state index contributed by atoms with van der Waals surface area (Å²) in [5, 5.41) is 4.98. The molecular formula is C22H24BrN3O4. The molecule has 0 saturated carbocycles. The molecule has 0 fully saturated rings. The van der Waals surface area contributed by atoms with E-state index in [0.29, 0.717) is 39.5 Å². The maximum atomic E-state index is 13.2. The number of rotatable bonds is 7. The molecule has 1 atom stereocenters. The lowest BCUT2D eigenvalue weighted by molar-refractivity contribution is 0.324. The van der Waals surface area contributed by atoms with Crippen LogP contribution in [0.3, 0.4) is 0 Å². The first-order valence-corrected chi connectivity index (χ1v) is 10.3. The molecule has 0 radical (unpaired) electrons. The fourth-order valence-corrected chi connectivity index (χ4v) is 3.44. The van der Waals surface area contributed by atoms with Crippen molar-refractivity contribution < 1.29 is 14.2 Å². The van der Waals surface area contributed by atoms with E-state index < -0.39 is 0 Å². The Kier molecular flexibility index (Phi) is 6.77. The van der Waals surface area contributed by atoms with Gasteiger partial charge < -0.3 is 14.2 Å². The third kappa shape index (κ3) is 4.18. The van der Waals surface area contributed by atoms with Crippen LogP contribution in [0.2, 0.25) is 0 Å². The first kappa shape index (κ1) is 21.8.